The van der Waals surface area contributed by atoms with Crippen LogP contribution in [0.3, 0.4) is 0 Å². The summed E-state index contributed by atoms with van der Waals surface area (Å²) in [6.07, 6.45) is 4.93. The Labute approximate surface area is 122 Å². The maximum atomic E-state index is 12.2. The summed E-state index contributed by atoms with van der Waals surface area (Å²) in [5.41, 5.74) is 0.749. The highest BCUT2D eigenvalue weighted by molar-refractivity contribution is 5.98. The molecule has 5 heteroatoms. The smallest absolute Gasteiger partial charge is 0.311 e. The molecular formula is C16H18N2O3. The SMILES string of the molecule is O=C(NCC1(C(=O)O)CCCC1)c1ccc2[nH]ccc2c1. The molecule has 1 aromatic heterocycles. The van der Waals surface area contributed by atoms with Crippen molar-refractivity contribution in [3.63, 3.8) is 0 Å². The van der Waals surface area contributed by atoms with Crippen molar-refractivity contribution < 1.29 is 14.7 Å². The third-order valence-corrected chi connectivity index (χ3v) is 4.42. The zero-order chi connectivity index (χ0) is 14.9. The van der Waals surface area contributed by atoms with E-state index in [1.165, 1.54) is 0 Å². The molecule has 0 spiro atoms. The lowest BCUT2D eigenvalue weighted by Crippen LogP contribution is -2.41. The standard InChI is InChI=1S/C16H18N2O3/c19-14(12-3-4-13-11(9-12)5-8-17-13)18-10-16(15(20)21)6-1-2-7-16/h3-5,8-9,17H,1-2,6-7,10H2,(H,18,19)(H,20,21). The largest absolute Gasteiger partial charge is 0.481 e. The molecular weight excluding hydrogens is 268 g/mol. The molecule has 0 aliphatic heterocycles. The van der Waals surface area contributed by atoms with E-state index >= 15 is 0 Å². The lowest BCUT2D eigenvalue weighted by Gasteiger charge is -2.23. The van der Waals surface area contributed by atoms with Gasteiger partial charge in [-0.05, 0) is 37.1 Å². The fourth-order valence-electron chi connectivity index (χ4n) is 3.06. The number of aromatic amines is 1. The monoisotopic (exact) mass is 286 g/mol. The fourth-order valence-corrected chi connectivity index (χ4v) is 3.06. The minimum atomic E-state index is -0.804. The normalized spacial score (nSPS) is 17.0. The summed E-state index contributed by atoms with van der Waals surface area (Å²) in [6.45, 7) is 0.201. The minimum absolute atomic E-state index is 0.201. The maximum Gasteiger partial charge on any atom is 0.311 e. The second kappa shape index (κ2) is 5.24. The number of carbonyl (C=O) groups is 2. The average Bonchev–Trinajstić information content (AvgIpc) is 3.13. The number of aromatic nitrogens is 1. The average molecular weight is 286 g/mol. The van der Waals surface area contributed by atoms with Crippen LogP contribution in [0, 0.1) is 5.41 Å². The van der Waals surface area contributed by atoms with Crippen LogP contribution in [0.5, 0.6) is 0 Å². The Hall–Kier alpha value is -2.30. The van der Waals surface area contributed by atoms with Gasteiger partial charge in [0.05, 0.1) is 5.41 Å². The first-order chi connectivity index (χ1) is 10.1. The van der Waals surface area contributed by atoms with Crippen molar-refractivity contribution in [3.05, 3.63) is 36.0 Å². The number of amides is 1. The molecule has 1 aliphatic rings. The molecule has 0 bridgehead atoms. The topological polar surface area (TPSA) is 82.2 Å². The first-order valence-corrected chi connectivity index (χ1v) is 7.19. The summed E-state index contributed by atoms with van der Waals surface area (Å²) in [5, 5.41) is 13.2. The van der Waals surface area contributed by atoms with Crippen LogP contribution in [-0.4, -0.2) is 28.5 Å². The van der Waals surface area contributed by atoms with Crippen molar-refractivity contribution in [1.29, 1.82) is 0 Å². The highest BCUT2D eigenvalue weighted by Gasteiger charge is 2.41. The minimum Gasteiger partial charge on any atom is -0.481 e. The number of carbonyl (C=O) groups excluding carboxylic acids is 1. The molecule has 5 nitrogen and oxygen atoms in total. The van der Waals surface area contributed by atoms with Gasteiger partial charge in [0.25, 0.3) is 5.91 Å². The molecule has 0 saturated heterocycles. The predicted molar refractivity (Wildman–Crippen MR) is 79.2 cm³/mol. The number of fused-ring (bicyclic) bond motifs is 1. The van der Waals surface area contributed by atoms with Crippen molar-refractivity contribution in [3.8, 4) is 0 Å². The van der Waals surface area contributed by atoms with Crippen LogP contribution >= 0.6 is 0 Å². The lowest BCUT2D eigenvalue weighted by molar-refractivity contribution is -0.148. The quantitative estimate of drug-likeness (QED) is 0.807. The van der Waals surface area contributed by atoms with Crippen LogP contribution in [-0.2, 0) is 4.79 Å². The molecule has 1 aromatic carbocycles. The fraction of sp³-hybridized carbons (Fsp3) is 0.375. The number of rotatable bonds is 4. The summed E-state index contributed by atoms with van der Waals surface area (Å²) in [4.78, 5) is 26.7. The van der Waals surface area contributed by atoms with Gasteiger partial charge in [-0.25, -0.2) is 0 Å². The highest BCUT2D eigenvalue weighted by atomic mass is 16.4. The van der Waals surface area contributed by atoms with Gasteiger partial charge >= 0.3 is 5.97 Å². The number of hydrogen-bond donors (Lipinski definition) is 3. The summed E-state index contributed by atoms with van der Waals surface area (Å²) in [5.74, 6) is -1.02. The van der Waals surface area contributed by atoms with E-state index in [0.29, 0.717) is 18.4 Å². The number of hydrogen-bond acceptors (Lipinski definition) is 2. The molecule has 110 valence electrons. The second-order valence-corrected chi connectivity index (χ2v) is 5.75. The van der Waals surface area contributed by atoms with E-state index in [1.54, 1.807) is 6.07 Å². The third-order valence-electron chi connectivity index (χ3n) is 4.42. The van der Waals surface area contributed by atoms with Gasteiger partial charge in [-0.15, -0.1) is 0 Å². The van der Waals surface area contributed by atoms with E-state index in [9.17, 15) is 14.7 Å². The number of aliphatic carboxylic acids is 1. The van der Waals surface area contributed by atoms with E-state index in [-0.39, 0.29) is 12.5 Å². The zero-order valence-corrected chi connectivity index (χ0v) is 11.7. The summed E-state index contributed by atoms with van der Waals surface area (Å²) in [7, 11) is 0. The summed E-state index contributed by atoms with van der Waals surface area (Å²) in [6, 6.07) is 7.31. The van der Waals surface area contributed by atoms with Gasteiger partial charge in [0.2, 0.25) is 0 Å². The van der Waals surface area contributed by atoms with Gasteiger partial charge in [0, 0.05) is 29.2 Å². The Kier molecular flexibility index (Phi) is 3.41. The zero-order valence-electron chi connectivity index (χ0n) is 11.7. The molecule has 1 aliphatic carbocycles. The second-order valence-electron chi connectivity index (χ2n) is 5.75. The van der Waals surface area contributed by atoms with E-state index < -0.39 is 11.4 Å². The molecule has 0 radical (unpaired) electrons. The van der Waals surface area contributed by atoms with Crippen molar-refractivity contribution >= 4 is 22.8 Å². The van der Waals surface area contributed by atoms with Crippen LogP contribution < -0.4 is 5.32 Å². The number of carboxylic acid groups (broad SMARTS) is 1. The van der Waals surface area contributed by atoms with Crippen LogP contribution in [0.4, 0.5) is 0 Å². The first kappa shape index (κ1) is 13.7. The Morgan fingerprint density at radius 1 is 1.24 bits per heavy atom. The van der Waals surface area contributed by atoms with Gasteiger partial charge in [0.1, 0.15) is 0 Å². The Balaban J connectivity index is 1.72. The van der Waals surface area contributed by atoms with Crippen LogP contribution in [0.25, 0.3) is 10.9 Å². The molecule has 1 fully saturated rings. The van der Waals surface area contributed by atoms with Crippen molar-refractivity contribution in [1.82, 2.24) is 10.3 Å². The molecule has 2 aromatic rings. The number of nitrogens with one attached hydrogen (secondary N) is 2. The highest BCUT2D eigenvalue weighted by Crippen LogP contribution is 2.37. The molecule has 1 amide bonds. The molecule has 1 saturated carbocycles. The maximum absolute atomic E-state index is 12.2. The molecule has 21 heavy (non-hydrogen) atoms. The number of H-pyrrole nitrogens is 1. The van der Waals surface area contributed by atoms with E-state index in [2.05, 4.69) is 10.3 Å². The van der Waals surface area contributed by atoms with Crippen molar-refractivity contribution in [2.45, 2.75) is 25.7 Å². The molecule has 1 heterocycles. The van der Waals surface area contributed by atoms with Crippen LogP contribution in [0.1, 0.15) is 36.0 Å². The predicted octanol–water partition coefficient (Wildman–Crippen LogP) is 2.54. The third kappa shape index (κ3) is 2.51. The Morgan fingerprint density at radius 2 is 2.00 bits per heavy atom. The van der Waals surface area contributed by atoms with E-state index in [4.69, 9.17) is 0 Å². The first-order valence-electron chi connectivity index (χ1n) is 7.19. The van der Waals surface area contributed by atoms with E-state index in [1.807, 2.05) is 24.4 Å². The Morgan fingerprint density at radius 3 is 2.71 bits per heavy atom. The molecule has 0 unspecified atom stereocenters. The van der Waals surface area contributed by atoms with E-state index in [0.717, 1.165) is 23.7 Å². The van der Waals surface area contributed by atoms with Crippen LogP contribution in [0.15, 0.2) is 30.5 Å². The van der Waals surface area contributed by atoms with Gasteiger partial charge in [-0.1, -0.05) is 12.8 Å². The number of carboxylic acids is 1. The van der Waals surface area contributed by atoms with Gasteiger partial charge in [-0.2, -0.15) is 0 Å². The van der Waals surface area contributed by atoms with Gasteiger partial charge < -0.3 is 15.4 Å². The van der Waals surface area contributed by atoms with Gasteiger partial charge in [0.15, 0.2) is 0 Å². The molecule has 3 N–H and O–H groups in total. The van der Waals surface area contributed by atoms with Gasteiger partial charge in [-0.3, -0.25) is 9.59 Å². The molecule has 0 atom stereocenters. The number of benzene rings is 1. The van der Waals surface area contributed by atoms with Crippen molar-refractivity contribution in [2.75, 3.05) is 6.54 Å². The lowest BCUT2D eigenvalue weighted by atomic mass is 9.86. The summed E-state index contributed by atoms with van der Waals surface area (Å²) < 4.78 is 0. The van der Waals surface area contributed by atoms with Crippen LogP contribution in [0.2, 0.25) is 0 Å². The van der Waals surface area contributed by atoms with Crippen molar-refractivity contribution in [2.24, 2.45) is 5.41 Å². The molecule has 3 rings (SSSR count). The summed E-state index contributed by atoms with van der Waals surface area (Å²) >= 11 is 0. The Bertz CT molecular complexity index is 684.